The molecule has 0 atom stereocenters. The maximum Gasteiger partial charge on any atom is 0.154 e. The molecule has 0 saturated heterocycles. The van der Waals surface area contributed by atoms with Crippen LogP contribution in [0.5, 0.6) is 0 Å². The van der Waals surface area contributed by atoms with Crippen molar-refractivity contribution in [1.29, 1.82) is 0 Å². The minimum absolute atomic E-state index is 0.674. The maximum absolute atomic E-state index is 5.48. The van der Waals surface area contributed by atoms with Crippen molar-refractivity contribution in [3.8, 4) is 0 Å². The molecule has 19 heavy (non-hydrogen) atoms. The van der Waals surface area contributed by atoms with Gasteiger partial charge in [0.1, 0.15) is 12.4 Å². The Morgan fingerprint density at radius 1 is 1.16 bits per heavy atom. The Bertz CT molecular complexity index is 598. The van der Waals surface area contributed by atoms with Gasteiger partial charge in [0.05, 0.1) is 18.9 Å². The van der Waals surface area contributed by atoms with Crippen LogP contribution in [0.2, 0.25) is 0 Å². The van der Waals surface area contributed by atoms with E-state index >= 15 is 0 Å². The summed E-state index contributed by atoms with van der Waals surface area (Å²) in [5, 5.41) is 13.1. The van der Waals surface area contributed by atoms with Crippen LogP contribution < -0.4 is 0 Å². The first-order valence-electron chi connectivity index (χ1n) is 6.66. The summed E-state index contributed by atoms with van der Waals surface area (Å²) in [6.45, 7) is 9.20. The second-order valence-corrected chi connectivity index (χ2v) is 5.00. The van der Waals surface area contributed by atoms with Crippen molar-refractivity contribution < 1.29 is 4.74 Å². The minimum atomic E-state index is 0.674. The summed E-state index contributed by atoms with van der Waals surface area (Å²) in [6.07, 6.45) is 0.836. The first-order chi connectivity index (χ1) is 9.16. The third-order valence-corrected chi connectivity index (χ3v) is 3.87. The molecule has 0 radical (unpaired) electrons. The Balaban J connectivity index is 1.91. The molecule has 0 aromatic carbocycles. The number of ether oxygens (including phenoxy) is 1. The summed E-state index contributed by atoms with van der Waals surface area (Å²) in [4.78, 5) is 0. The van der Waals surface area contributed by atoms with Crippen molar-refractivity contribution in [2.75, 3.05) is 13.2 Å². The molecule has 0 saturated carbocycles. The lowest BCUT2D eigenvalue weighted by atomic mass is 10.2. The summed E-state index contributed by atoms with van der Waals surface area (Å²) < 4.78 is 9.65. The maximum atomic E-state index is 5.48. The number of rotatable bonds is 2. The van der Waals surface area contributed by atoms with Crippen LogP contribution in [0, 0.1) is 20.8 Å². The van der Waals surface area contributed by atoms with Gasteiger partial charge < -0.3 is 9.30 Å². The summed E-state index contributed by atoms with van der Waals surface area (Å²) >= 11 is 0. The molecule has 6 heteroatoms. The molecular formula is C13H19N5O. The normalized spacial score (nSPS) is 15.3. The molecule has 102 valence electrons. The molecule has 3 heterocycles. The summed E-state index contributed by atoms with van der Waals surface area (Å²) in [6, 6.07) is 0. The van der Waals surface area contributed by atoms with Gasteiger partial charge >= 0.3 is 0 Å². The standard InChI is InChI=1S/C13H19N5O/c1-9-10(2)16-18(11(9)3)8-13-15-14-12-4-6-19-7-5-17(12)13/h4-8H2,1-3H3. The second kappa shape index (κ2) is 4.77. The SMILES string of the molecule is Cc1nn(Cc2nnc3n2CCOCC3)c(C)c1C. The average molecular weight is 261 g/mol. The van der Waals surface area contributed by atoms with Gasteiger partial charge in [0.2, 0.25) is 0 Å². The van der Waals surface area contributed by atoms with E-state index < -0.39 is 0 Å². The highest BCUT2D eigenvalue weighted by atomic mass is 16.5. The van der Waals surface area contributed by atoms with E-state index in [0.29, 0.717) is 6.54 Å². The van der Waals surface area contributed by atoms with Crippen LogP contribution in [0.3, 0.4) is 0 Å². The Morgan fingerprint density at radius 3 is 2.74 bits per heavy atom. The van der Waals surface area contributed by atoms with Crippen molar-refractivity contribution >= 4 is 0 Å². The molecule has 0 amide bonds. The summed E-state index contributed by atoms with van der Waals surface area (Å²) in [7, 11) is 0. The summed E-state index contributed by atoms with van der Waals surface area (Å²) in [5.41, 5.74) is 3.52. The third kappa shape index (κ3) is 2.16. The van der Waals surface area contributed by atoms with E-state index in [1.807, 2.05) is 11.6 Å². The molecule has 1 aliphatic heterocycles. The molecule has 0 unspecified atom stereocenters. The molecule has 3 rings (SSSR count). The van der Waals surface area contributed by atoms with Crippen LogP contribution in [0.1, 0.15) is 28.6 Å². The van der Waals surface area contributed by atoms with E-state index in [-0.39, 0.29) is 0 Å². The number of hydrogen-bond donors (Lipinski definition) is 0. The van der Waals surface area contributed by atoms with Crippen LogP contribution in [0.4, 0.5) is 0 Å². The van der Waals surface area contributed by atoms with Gasteiger partial charge in [-0.3, -0.25) is 4.68 Å². The number of aryl methyl sites for hydroxylation is 1. The molecule has 0 aliphatic carbocycles. The minimum Gasteiger partial charge on any atom is -0.379 e. The van der Waals surface area contributed by atoms with E-state index in [0.717, 1.165) is 43.5 Å². The predicted molar refractivity (Wildman–Crippen MR) is 70.1 cm³/mol. The van der Waals surface area contributed by atoms with Crippen LogP contribution in [-0.2, 0) is 24.2 Å². The van der Waals surface area contributed by atoms with Crippen molar-refractivity contribution in [2.24, 2.45) is 0 Å². The van der Waals surface area contributed by atoms with Gasteiger partial charge in [-0.2, -0.15) is 5.10 Å². The zero-order chi connectivity index (χ0) is 13.4. The Labute approximate surface area is 112 Å². The van der Waals surface area contributed by atoms with Crippen molar-refractivity contribution in [2.45, 2.75) is 40.3 Å². The van der Waals surface area contributed by atoms with E-state index in [2.05, 4.69) is 33.7 Å². The lowest BCUT2D eigenvalue weighted by Gasteiger charge is -2.07. The fourth-order valence-corrected chi connectivity index (χ4v) is 2.43. The van der Waals surface area contributed by atoms with E-state index in [4.69, 9.17) is 4.74 Å². The van der Waals surface area contributed by atoms with Gasteiger partial charge in [0.15, 0.2) is 5.82 Å². The van der Waals surface area contributed by atoms with Crippen LogP contribution in [0.15, 0.2) is 0 Å². The smallest absolute Gasteiger partial charge is 0.154 e. The summed E-state index contributed by atoms with van der Waals surface area (Å²) in [5.74, 6) is 1.98. The third-order valence-electron chi connectivity index (χ3n) is 3.87. The largest absolute Gasteiger partial charge is 0.379 e. The average Bonchev–Trinajstić information content (AvgIpc) is 2.77. The predicted octanol–water partition coefficient (Wildman–Crippen LogP) is 1.02. The van der Waals surface area contributed by atoms with Crippen molar-refractivity contribution in [3.05, 3.63) is 28.6 Å². The van der Waals surface area contributed by atoms with E-state index in [1.165, 1.54) is 11.3 Å². The molecule has 0 N–H and O–H groups in total. The molecular weight excluding hydrogens is 242 g/mol. The Hall–Kier alpha value is -1.69. The Kier molecular flexibility index (Phi) is 3.10. The molecule has 2 aromatic rings. The van der Waals surface area contributed by atoms with Gasteiger partial charge in [-0.25, -0.2) is 0 Å². The number of nitrogens with zero attached hydrogens (tertiary/aromatic N) is 5. The zero-order valence-corrected chi connectivity index (χ0v) is 11.7. The van der Waals surface area contributed by atoms with Gasteiger partial charge in [-0.05, 0) is 26.3 Å². The van der Waals surface area contributed by atoms with Crippen LogP contribution in [0.25, 0.3) is 0 Å². The fraction of sp³-hybridized carbons (Fsp3) is 0.615. The van der Waals surface area contributed by atoms with Crippen LogP contribution in [-0.4, -0.2) is 37.8 Å². The topological polar surface area (TPSA) is 57.8 Å². The van der Waals surface area contributed by atoms with E-state index in [9.17, 15) is 0 Å². The van der Waals surface area contributed by atoms with Crippen molar-refractivity contribution in [3.63, 3.8) is 0 Å². The Morgan fingerprint density at radius 2 is 2.00 bits per heavy atom. The van der Waals surface area contributed by atoms with Gasteiger partial charge in [-0.1, -0.05) is 0 Å². The monoisotopic (exact) mass is 261 g/mol. The quantitative estimate of drug-likeness (QED) is 0.810. The molecule has 1 aliphatic rings. The zero-order valence-electron chi connectivity index (χ0n) is 11.7. The number of aromatic nitrogens is 5. The second-order valence-electron chi connectivity index (χ2n) is 5.00. The van der Waals surface area contributed by atoms with Gasteiger partial charge in [0.25, 0.3) is 0 Å². The molecule has 2 aromatic heterocycles. The van der Waals surface area contributed by atoms with Crippen LogP contribution >= 0.6 is 0 Å². The fourth-order valence-electron chi connectivity index (χ4n) is 2.43. The lowest BCUT2D eigenvalue weighted by Crippen LogP contribution is -2.13. The molecule has 0 bridgehead atoms. The highest BCUT2D eigenvalue weighted by Gasteiger charge is 2.16. The molecule has 6 nitrogen and oxygen atoms in total. The van der Waals surface area contributed by atoms with E-state index in [1.54, 1.807) is 0 Å². The molecule has 0 spiro atoms. The lowest BCUT2D eigenvalue weighted by molar-refractivity contribution is 0.139. The van der Waals surface area contributed by atoms with Gasteiger partial charge in [-0.15, -0.1) is 10.2 Å². The number of fused-ring (bicyclic) bond motifs is 1. The van der Waals surface area contributed by atoms with Crippen molar-refractivity contribution in [1.82, 2.24) is 24.5 Å². The highest BCUT2D eigenvalue weighted by molar-refractivity contribution is 5.22. The van der Waals surface area contributed by atoms with Gasteiger partial charge in [0, 0.05) is 18.7 Å². The first kappa shape index (κ1) is 12.3. The number of hydrogen-bond acceptors (Lipinski definition) is 4. The first-order valence-corrected chi connectivity index (χ1v) is 6.66. The highest BCUT2D eigenvalue weighted by Crippen LogP contribution is 2.14. The molecule has 0 fully saturated rings.